The quantitative estimate of drug-likeness (QED) is 0.528. The monoisotopic (exact) mass is 192 g/mol. The molecule has 0 aliphatic carbocycles. The van der Waals surface area contributed by atoms with Gasteiger partial charge < -0.3 is 12.4 Å². The number of sulfonamides is 1. The van der Waals surface area contributed by atoms with E-state index in [1.165, 1.54) is 12.1 Å². The van der Waals surface area contributed by atoms with Gasteiger partial charge in [-0.2, -0.15) is 0 Å². The van der Waals surface area contributed by atoms with Gasteiger partial charge in [0.25, 0.3) is 0 Å². The molecule has 2 N–H and O–H groups in total. The zero-order valence-corrected chi connectivity index (χ0v) is 7.14. The van der Waals surface area contributed by atoms with Gasteiger partial charge in [-0.05, 0) is 12.1 Å². The maximum Gasteiger partial charge on any atom is 0.238 e. The number of rotatable bonds is 1. The molecule has 1 aromatic carbocycles. The summed E-state index contributed by atoms with van der Waals surface area (Å²) >= 11 is 0. The Labute approximate surface area is 71.7 Å². The van der Waals surface area contributed by atoms with E-state index in [0.29, 0.717) is 0 Å². The van der Waals surface area contributed by atoms with Gasteiger partial charge in [0.05, 0.1) is 4.90 Å². The Kier molecular flexibility index (Phi) is 3.51. The van der Waals surface area contributed by atoms with Crippen molar-refractivity contribution < 1.29 is 20.8 Å². The van der Waals surface area contributed by atoms with Gasteiger partial charge in [0.15, 0.2) is 0 Å². The van der Waals surface area contributed by atoms with Gasteiger partial charge in [-0.15, -0.1) is 0 Å². The first-order valence-corrected chi connectivity index (χ1v) is 4.23. The topological polar surface area (TPSA) is 60.2 Å². The summed E-state index contributed by atoms with van der Waals surface area (Å²) in [6, 6.07) is 7.89. The van der Waals surface area contributed by atoms with Crippen molar-refractivity contribution in [3.05, 3.63) is 30.3 Å². The Morgan fingerprint density at radius 3 is 1.82 bits per heavy atom. The lowest BCUT2D eigenvalue weighted by molar-refractivity contribution is -0.00000468. The van der Waals surface area contributed by atoms with Crippen LogP contribution in [-0.4, -0.2) is 8.42 Å². The zero-order chi connectivity index (χ0) is 7.61. The van der Waals surface area contributed by atoms with Gasteiger partial charge in [0.1, 0.15) is 0 Å². The van der Waals surface area contributed by atoms with Crippen LogP contribution in [0.5, 0.6) is 0 Å². The number of halogens is 1. The van der Waals surface area contributed by atoms with Crippen molar-refractivity contribution in [1.29, 1.82) is 0 Å². The molecule has 0 aliphatic rings. The van der Waals surface area contributed by atoms with Crippen molar-refractivity contribution in [3.8, 4) is 0 Å². The van der Waals surface area contributed by atoms with E-state index >= 15 is 0 Å². The predicted octanol–water partition coefficient (Wildman–Crippen LogP) is -2.66. The molecular formula is C6H7ClNO2S-. The van der Waals surface area contributed by atoms with Gasteiger partial charge in [0, 0.05) is 0 Å². The molecule has 0 radical (unpaired) electrons. The molecule has 0 fully saturated rings. The molecule has 0 saturated carbocycles. The highest BCUT2D eigenvalue weighted by Gasteiger charge is 2.03. The highest BCUT2D eigenvalue weighted by Crippen LogP contribution is 2.02. The molecule has 0 amide bonds. The first-order valence-electron chi connectivity index (χ1n) is 2.68. The van der Waals surface area contributed by atoms with Crippen LogP contribution in [0.4, 0.5) is 0 Å². The Balaban J connectivity index is 0.000001000. The Bertz CT molecular complexity index is 309. The van der Waals surface area contributed by atoms with Crippen molar-refractivity contribution in [2.45, 2.75) is 4.90 Å². The molecule has 0 saturated heterocycles. The fraction of sp³-hybridized carbons (Fsp3) is 0. The third-order valence-corrected chi connectivity index (χ3v) is 2.00. The predicted molar refractivity (Wildman–Crippen MR) is 37.8 cm³/mol. The summed E-state index contributed by atoms with van der Waals surface area (Å²) in [4.78, 5) is 0.148. The van der Waals surface area contributed by atoms with Crippen LogP contribution >= 0.6 is 0 Å². The van der Waals surface area contributed by atoms with Crippen LogP contribution in [0, 0.1) is 0 Å². The molecule has 1 aromatic rings. The normalized spacial score (nSPS) is 10.3. The SMILES string of the molecule is NS(=O)(=O)c1ccccc1.[Cl-]. The molecular weight excluding hydrogens is 186 g/mol. The lowest BCUT2D eigenvalue weighted by Gasteiger charge is -1.93. The van der Waals surface area contributed by atoms with E-state index in [1.807, 2.05) is 0 Å². The molecule has 0 heterocycles. The number of hydrogen-bond donors (Lipinski definition) is 1. The highest BCUT2D eigenvalue weighted by molar-refractivity contribution is 7.89. The van der Waals surface area contributed by atoms with Crippen LogP contribution < -0.4 is 17.5 Å². The third-order valence-electron chi connectivity index (χ3n) is 1.07. The van der Waals surface area contributed by atoms with Crippen molar-refractivity contribution in [2.75, 3.05) is 0 Å². The number of hydrogen-bond acceptors (Lipinski definition) is 2. The molecule has 0 spiro atoms. The maximum atomic E-state index is 10.6. The van der Waals surface area contributed by atoms with E-state index in [4.69, 9.17) is 5.14 Å². The van der Waals surface area contributed by atoms with Crippen LogP contribution in [-0.2, 0) is 10.0 Å². The van der Waals surface area contributed by atoms with Crippen molar-refractivity contribution in [2.24, 2.45) is 5.14 Å². The largest absolute Gasteiger partial charge is 1.00 e. The van der Waals surface area contributed by atoms with E-state index in [2.05, 4.69) is 0 Å². The third kappa shape index (κ3) is 2.88. The van der Waals surface area contributed by atoms with Crippen LogP contribution in [0.15, 0.2) is 35.2 Å². The standard InChI is InChI=1S/C6H7NO2S.ClH/c7-10(8,9)6-4-2-1-3-5-6;/h1-5H,(H2,7,8,9);1H/p-1. The minimum atomic E-state index is -3.50. The second kappa shape index (κ2) is 3.71. The van der Waals surface area contributed by atoms with Gasteiger partial charge in [0.2, 0.25) is 10.0 Å². The van der Waals surface area contributed by atoms with Crippen LogP contribution in [0.3, 0.4) is 0 Å². The first kappa shape index (κ1) is 10.4. The van der Waals surface area contributed by atoms with Crippen molar-refractivity contribution >= 4 is 10.0 Å². The molecule has 0 aromatic heterocycles. The lowest BCUT2D eigenvalue weighted by atomic mass is 10.4. The van der Waals surface area contributed by atoms with Crippen LogP contribution in [0.2, 0.25) is 0 Å². The average molecular weight is 193 g/mol. The second-order valence-electron chi connectivity index (χ2n) is 1.86. The fourth-order valence-corrected chi connectivity index (χ4v) is 1.15. The summed E-state index contributed by atoms with van der Waals surface area (Å²) in [6.07, 6.45) is 0. The van der Waals surface area contributed by atoms with E-state index < -0.39 is 10.0 Å². The Morgan fingerprint density at radius 2 is 1.55 bits per heavy atom. The summed E-state index contributed by atoms with van der Waals surface area (Å²) in [7, 11) is -3.50. The summed E-state index contributed by atoms with van der Waals surface area (Å²) in [5.41, 5.74) is 0. The molecule has 5 heteroatoms. The van der Waals surface area contributed by atoms with E-state index in [-0.39, 0.29) is 17.3 Å². The zero-order valence-electron chi connectivity index (χ0n) is 5.57. The van der Waals surface area contributed by atoms with Gasteiger partial charge in [-0.3, -0.25) is 0 Å². The van der Waals surface area contributed by atoms with Crippen LogP contribution in [0.25, 0.3) is 0 Å². The summed E-state index contributed by atoms with van der Waals surface area (Å²) in [5.74, 6) is 0. The minimum Gasteiger partial charge on any atom is -1.00 e. The van der Waals surface area contributed by atoms with Gasteiger partial charge in [-0.25, -0.2) is 13.6 Å². The van der Waals surface area contributed by atoms with Crippen molar-refractivity contribution in [3.63, 3.8) is 0 Å². The molecule has 0 bridgehead atoms. The Hall–Kier alpha value is -0.580. The Morgan fingerprint density at radius 1 is 1.09 bits per heavy atom. The number of benzene rings is 1. The van der Waals surface area contributed by atoms with Gasteiger partial charge in [-0.1, -0.05) is 18.2 Å². The fourth-order valence-electron chi connectivity index (χ4n) is 0.610. The van der Waals surface area contributed by atoms with E-state index in [0.717, 1.165) is 0 Å². The van der Waals surface area contributed by atoms with Crippen molar-refractivity contribution in [1.82, 2.24) is 0 Å². The molecule has 3 nitrogen and oxygen atoms in total. The number of primary sulfonamides is 1. The highest BCUT2D eigenvalue weighted by atomic mass is 35.5. The average Bonchev–Trinajstić information content (AvgIpc) is 1.88. The number of nitrogens with two attached hydrogens (primary N) is 1. The first-order chi connectivity index (χ1) is 4.61. The molecule has 1 rings (SSSR count). The molecule has 11 heavy (non-hydrogen) atoms. The second-order valence-corrected chi connectivity index (χ2v) is 3.42. The molecule has 0 unspecified atom stereocenters. The minimum absolute atomic E-state index is 0. The lowest BCUT2D eigenvalue weighted by Crippen LogP contribution is -3.00. The smallest absolute Gasteiger partial charge is 0.238 e. The molecule has 0 aliphatic heterocycles. The molecule has 0 atom stereocenters. The summed E-state index contributed by atoms with van der Waals surface area (Å²) in [6.45, 7) is 0. The molecule has 62 valence electrons. The van der Waals surface area contributed by atoms with Crippen LogP contribution in [0.1, 0.15) is 0 Å². The van der Waals surface area contributed by atoms with E-state index in [9.17, 15) is 8.42 Å². The van der Waals surface area contributed by atoms with E-state index in [1.54, 1.807) is 18.2 Å². The van der Waals surface area contributed by atoms with Gasteiger partial charge >= 0.3 is 0 Å². The summed E-state index contributed by atoms with van der Waals surface area (Å²) in [5, 5.41) is 4.83. The summed E-state index contributed by atoms with van der Waals surface area (Å²) < 4.78 is 21.2. The maximum absolute atomic E-state index is 10.6.